The quantitative estimate of drug-likeness (QED) is 0.0323. The molecule has 0 spiro atoms. The maximum absolute atomic E-state index is 12.4. The summed E-state index contributed by atoms with van der Waals surface area (Å²) in [6.45, 7) is 4.87. The normalized spacial score (nSPS) is 12.7. The maximum atomic E-state index is 12.4. The lowest BCUT2D eigenvalue weighted by atomic mass is 10.0. The van der Waals surface area contributed by atoms with Crippen LogP contribution in [0.1, 0.15) is 284 Å². The maximum Gasteiger partial charge on any atom is 0.305 e. The van der Waals surface area contributed by atoms with Gasteiger partial charge in [-0.15, -0.1) is 0 Å². The average Bonchev–Trinajstić information content (AvgIpc) is 3.22. The van der Waals surface area contributed by atoms with Crippen LogP contribution in [0.5, 0.6) is 0 Å². The second kappa shape index (κ2) is 48.3. The molecule has 0 aromatic carbocycles. The zero-order valence-electron chi connectivity index (χ0n) is 39.0. The molecule has 0 aliphatic rings. The van der Waals surface area contributed by atoms with E-state index in [-0.39, 0.29) is 18.5 Å². The molecule has 0 radical (unpaired) electrons. The molecule has 0 aromatic heterocycles. The lowest BCUT2D eigenvalue weighted by molar-refractivity contribution is -0.143. The van der Waals surface area contributed by atoms with Gasteiger partial charge in [0.25, 0.3) is 0 Å². The third kappa shape index (κ3) is 44.2. The Kier molecular flexibility index (Phi) is 47.1. The Bertz CT molecular complexity index is 863. The Morgan fingerprint density at radius 3 is 1.17 bits per heavy atom. The highest BCUT2D eigenvalue weighted by atomic mass is 16.5. The first-order chi connectivity index (χ1) is 28.5. The van der Waals surface area contributed by atoms with Gasteiger partial charge < -0.3 is 20.3 Å². The molecule has 2 atom stereocenters. The third-order valence-electron chi connectivity index (χ3n) is 12.1. The monoisotopic (exact) mass is 820 g/mol. The minimum absolute atomic E-state index is 0.00698. The Hall–Kier alpha value is -1.40. The van der Waals surface area contributed by atoms with Crippen molar-refractivity contribution in [2.45, 2.75) is 296 Å². The van der Waals surface area contributed by atoms with Crippen LogP contribution in [0.15, 0.2) is 12.2 Å². The van der Waals surface area contributed by atoms with Gasteiger partial charge in [0, 0.05) is 12.8 Å². The van der Waals surface area contributed by atoms with Gasteiger partial charge in [0.1, 0.15) is 0 Å². The van der Waals surface area contributed by atoms with E-state index < -0.39 is 12.1 Å². The standard InChI is InChI=1S/C52H101NO5/c1-3-5-7-9-11-13-15-17-18-19-20-21-26-30-34-38-42-46-52(57)58-47-43-39-35-31-27-23-22-25-29-33-37-41-45-51(56)53-49(48-54)50(55)44-40-36-32-28-24-16-14-12-10-8-6-4-2/h40,44,49-50,54-55H,3-39,41-43,45-48H2,1-2H3,(H,53,56)/b44-40+. The summed E-state index contributed by atoms with van der Waals surface area (Å²) in [5.74, 6) is -0.0902. The van der Waals surface area contributed by atoms with E-state index in [9.17, 15) is 19.8 Å². The number of amides is 1. The van der Waals surface area contributed by atoms with E-state index in [4.69, 9.17) is 4.74 Å². The first kappa shape index (κ1) is 56.6. The molecule has 0 fully saturated rings. The van der Waals surface area contributed by atoms with Crippen LogP contribution in [-0.2, 0) is 14.3 Å². The van der Waals surface area contributed by atoms with Crippen molar-refractivity contribution in [2.24, 2.45) is 0 Å². The van der Waals surface area contributed by atoms with Crippen molar-refractivity contribution < 1.29 is 24.5 Å². The van der Waals surface area contributed by atoms with Crippen molar-refractivity contribution in [3.63, 3.8) is 0 Å². The summed E-state index contributed by atoms with van der Waals surface area (Å²) in [7, 11) is 0. The number of hydrogen-bond donors (Lipinski definition) is 3. The Balaban J connectivity index is 3.45. The molecule has 6 nitrogen and oxygen atoms in total. The van der Waals surface area contributed by atoms with Crippen molar-refractivity contribution in [1.29, 1.82) is 0 Å². The second-order valence-corrected chi connectivity index (χ2v) is 17.9. The summed E-state index contributed by atoms with van der Waals surface area (Å²) in [6, 6.07) is -0.637. The van der Waals surface area contributed by atoms with Gasteiger partial charge in [0.2, 0.25) is 5.91 Å². The zero-order valence-corrected chi connectivity index (χ0v) is 39.0. The van der Waals surface area contributed by atoms with E-state index in [1.807, 2.05) is 6.08 Å². The fourth-order valence-electron chi connectivity index (χ4n) is 8.05. The molecule has 2 unspecified atom stereocenters. The summed E-state index contributed by atoms with van der Waals surface area (Å²) in [6.07, 6.45) is 55.0. The molecule has 3 N–H and O–H groups in total. The minimum atomic E-state index is -0.852. The molecule has 1 amide bonds. The Morgan fingerprint density at radius 2 is 0.793 bits per heavy atom. The molecule has 0 saturated carbocycles. The number of rotatable bonds is 48. The van der Waals surface area contributed by atoms with E-state index in [2.05, 4.69) is 19.2 Å². The van der Waals surface area contributed by atoms with E-state index in [1.165, 1.54) is 199 Å². The lowest BCUT2D eigenvalue weighted by Crippen LogP contribution is -2.45. The fraction of sp³-hybridized carbons (Fsp3) is 0.923. The topological polar surface area (TPSA) is 95.9 Å². The number of hydrogen-bond acceptors (Lipinski definition) is 5. The van der Waals surface area contributed by atoms with Crippen LogP contribution in [0, 0.1) is 0 Å². The van der Waals surface area contributed by atoms with Crippen LogP contribution in [0.3, 0.4) is 0 Å². The van der Waals surface area contributed by atoms with E-state index in [0.717, 1.165) is 57.8 Å². The van der Waals surface area contributed by atoms with Crippen molar-refractivity contribution in [3.05, 3.63) is 12.2 Å². The number of esters is 1. The Morgan fingerprint density at radius 1 is 0.466 bits per heavy atom. The van der Waals surface area contributed by atoms with E-state index in [1.54, 1.807) is 6.08 Å². The lowest BCUT2D eigenvalue weighted by Gasteiger charge is -2.20. The predicted molar refractivity (Wildman–Crippen MR) is 250 cm³/mol. The molecule has 0 aromatic rings. The number of aliphatic hydroxyl groups excluding tert-OH is 2. The highest BCUT2D eigenvalue weighted by Crippen LogP contribution is 2.16. The van der Waals surface area contributed by atoms with Crippen LogP contribution >= 0.6 is 0 Å². The molecule has 0 heterocycles. The molecule has 58 heavy (non-hydrogen) atoms. The molecular formula is C52H101NO5. The van der Waals surface area contributed by atoms with Gasteiger partial charge in [-0.25, -0.2) is 0 Å². The highest BCUT2D eigenvalue weighted by molar-refractivity contribution is 5.76. The van der Waals surface area contributed by atoms with Crippen LogP contribution < -0.4 is 5.32 Å². The molecule has 344 valence electrons. The van der Waals surface area contributed by atoms with E-state index >= 15 is 0 Å². The Labute approximate surface area is 361 Å². The second-order valence-electron chi connectivity index (χ2n) is 17.9. The SMILES string of the molecule is CCCCCCCCCCCC/C=C/C(O)C(CO)NC(=O)CCCCCCCCCCCCCCOC(=O)CCCCCCCCCCCCCCCCCCC. The summed E-state index contributed by atoms with van der Waals surface area (Å²) >= 11 is 0. The van der Waals surface area contributed by atoms with Gasteiger partial charge in [-0.1, -0.05) is 251 Å². The number of unbranched alkanes of at least 4 members (excludes halogenated alkanes) is 37. The zero-order chi connectivity index (χ0) is 42.3. The molecule has 0 saturated heterocycles. The van der Waals surface area contributed by atoms with Crippen LogP contribution in [0.4, 0.5) is 0 Å². The first-order valence-corrected chi connectivity index (χ1v) is 26.0. The summed E-state index contributed by atoms with van der Waals surface area (Å²) in [5, 5.41) is 23.0. The van der Waals surface area contributed by atoms with Gasteiger partial charge >= 0.3 is 5.97 Å². The van der Waals surface area contributed by atoms with Crippen LogP contribution in [0.25, 0.3) is 0 Å². The molecular weight excluding hydrogens is 719 g/mol. The molecule has 0 bridgehead atoms. The third-order valence-corrected chi connectivity index (χ3v) is 12.1. The minimum Gasteiger partial charge on any atom is -0.466 e. The smallest absolute Gasteiger partial charge is 0.305 e. The van der Waals surface area contributed by atoms with Crippen molar-refractivity contribution >= 4 is 11.9 Å². The van der Waals surface area contributed by atoms with Crippen molar-refractivity contribution in [2.75, 3.05) is 13.2 Å². The number of allylic oxidation sites excluding steroid dienone is 1. The number of ether oxygens (including phenoxy) is 1. The van der Waals surface area contributed by atoms with Gasteiger partial charge in [-0.2, -0.15) is 0 Å². The van der Waals surface area contributed by atoms with Gasteiger partial charge in [0.05, 0.1) is 25.4 Å². The average molecular weight is 820 g/mol. The van der Waals surface area contributed by atoms with E-state index in [0.29, 0.717) is 19.4 Å². The van der Waals surface area contributed by atoms with Crippen molar-refractivity contribution in [3.8, 4) is 0 Å². The molecule has 0 aliphatic carbocycles. The number of nitrogens with one attached hydrogen (secondary N) is 1. The predicted octanol–water partition coefficient (Wildman–Crippen LogP) is 15.3. The van der Waals surface area contributed by atoms with Gasteiger partial charge in [-0.3, -0.25) is 9.59 Å². The van der Waals surface area contributed by atoms with Crippen molar-refractivity contribution in [1.82, 2.24) is 5.32 Å². The summed E-state index contributed by atoms with van der Waals surface area (Å²) < 4.78 is 5.47. The summed E-state index contributed by atoms with van der Waals surface area (Å²) in [5.41, 5.74) is 0. The van der Waals surface area contributed by atoms with Crippen LogP contribution in [-0.4, -0.2) is 47.4 Å². The number of carbonyl (C=O) groups excluding carboxylic acids is 2. The number of carbonyl (C=O) groups is 2. The molecule has 0 aliphatic heterocycles. The first-order valence-electron chi connectivity index (χ1n) is 26.0. The molecule has 6 heteroatoms. The van der Waals surface area contributed by atoms with Crippen LogP contribution in [0.2, 0.25) is 0 Å². The highest BCUT2D eigenvalue weighted by Gasteiger charge is 2.18. The van der Waals surface area contributed by atoms with Gasteiger partial charge in [0.15, 0.2) is 0 Å². The molecule has 0 rings (SSSR count). The number of aliphatic hydroxyl groups is 2. The largest absolute Gasteiger partial charge is 0.466 e. The van der Waals surface area contributed by atoms with Gasteiger partial charge in [-0.05, 0) is 32.1 Å². The fourth-order valence-corrected chi connectivity index (χ4v) is 8.05. The summed E-state index contributed by atoms with van der Waals surface area (Å²) in [4.78, 5) is 24.5.